The van der Waals surface area contributed by atoms with Gasteiger partial charge < -0.3 is 14.8 Å². The summed E-state index contributed by atoms with van der Waals surface area (Å²) in [5, 5.41) is 11.7. The molecule has 0 saturated heterocycles. The molecule has 8 heteroatoms. The minimum Gasteiger partial charge on any atom is -0.497 e. The second kappa shape index (κ2) is 11.1. The molecule has 1 aromatic carbocycles. The van der Waals surface area contributed by atoms with Gasteiger partial charge in [-0.15, -0.1) is 10.2 Å². The van der Waals surface area contributed by atoms with Crippen molar-refractivity contribution in [2.24, 2.45) is 0 Å². The zero-order valence-electron chi connectivity index (χ0n) is 16.3. The maximum absolute atomic E-state index is 12.1. The number of hydrogen-bond donors (Lipinski definition) is 1. The van der Waals surface area contributed by atoms with E-state index in [1.165, 1.54) is 43.9 Å². The summed E-state index contributed by atoms with van der Waals surface area (Å²) in [5.74, 6) is 1.09. The van der Waals surface area contributed by atoms with E-state index >= 15 is 0 Å². The highest BCUT2D eigenvalue weighted by Crippen LogP contribution is 2.22. The first-order valence-electron chi connectivity index (χ1n) is 9.82. The number of nitrogens with zero attached hydrogens (tertiary/aromatic N) is 3. The van der Waals surface area contributed by atoms with Gasteiger partial charge >= 0.3 is 0 Å². The standard InChI is InChI=1S/C20H28N4O3S/c1-26-17-10-8-16(9-11-17)24-15-22-23-20(24)28-14-19(25)21-12-5-13-27-18-6-3-2-4-7-18/h8-11,15,18H,2-7,12-14H2,1H3,(H,21,25). The van der Waals surface area contributed by atoms with Crippen LogP contribution in [-0.2, 0) is 9.53 Å². The molecule has 0 spiro atoms. The molecule has 0 aliphatic heterocycles. The molecule has 3 rings (SSSR count). The SMILES string of the molecule is COc1ccc(-n2cnnc2SCC(=O)NCCCOC2CCCCC2)cc1. The van der Waals surface area contributed by atoms with Crippen molar-refractivity contribution in [2.75, 3.05) is 26.0 Å². The number of thioether (sulfide) groups is 1. The number of carbonyl (C=O) groups excluding carboxylic acids is 1. The fourth-order valence-corrected chi connectivity index (χ4v) is 3.96. The van der Waals surface area contributed by atoms with E-state index in [1.807, 2.05) is 28.8 Å². The number of benzene rings is 1. The second-order valence-corrected chi connectivity index (χ2v) is 7.75. The quantitative estimate of drug-likeness (QED) is 0.484. The maximum atomic E-state index is 12.1. The van der Waals surface area contributed by atoms with Gasteiger partial charge in [-0.1, -0.05) is 31.0 Å². The molecule has 1 saturated carbocycles. The number of methoxy groups -OCH3 is 1. The summed E-state index contributed by atoms with van der Waals surface area (Å²) < 4.78 is 12.9. The third-order valence-electron chi connectivity index (χ3n) is 4.75. The molecule has 1 aliphatic carbocycles. The largest absolute Gasteiger partial charge is 0.497 e. The van der Waals surface area contributed by atoms with Crippen LogP contribution in [0.2, 0.25) is 0 Å². The first-order valence-corrected chi connectivity index (χ1v) is 10.8. The van der Waals surface area contributed by atoms with Gasteiger partial charge in [0, 0.05) is 18.8 Å². The van der Waals surface area contributed by atoms with Crippen molar-refractivity contribution in [3.63, 3.8) is 0 Å². The van der Waals surface area contributed by atoms with E-state index in [0.29, 0.717) is 30.2 Å². The first-order chi connectivity index (χ1) is 13.8. The van der Waals surface area contributed by atoms with Gasteiger partial charge in [0.2, 0.25) is 5.91 Å². The fourth-order valence-electron chi connectivity index (χ4n) is 3.21. The highest BCUT2D eigenvalue weighted by Gasteiger charge is 2.13. The zero-order valence-corrected chi connectivity index (χ0v) is 17.1. The molecular formula is C20H28N4O3S. The Bertz CT molecular complexity index is 729. The summed E-state index contributed by atoms with van der Waals surface area (Å²) >= 11 is 1.37. The molecule has 1 fully saturated rings. The van der Waals surface area contributed by atoms with Gasteiger partial charge in [0.25, 0.3) is 0 Å². The van der Waals surface area contributed by atoms with Crippen LogP contribution >= 0.6 is 11.8 Å². The number of carbonyl (C=O) groups is 1. The molecule has 1 N–H and O–H groups in total. The third kappa shape index (κ3) is 6.24. The van der Waals surface area contributed by atoms with Gasteiger partial charge in [0.15, 0.2) is 5.16 Å². The van der Waals surface area contributed by atoms with Crippen molar-refractivity contribution in [2.45, 2.75) is 49.8 Å². The van der Waals surface area contributed by atoms with E-state index in [-0.39, 0.29) is 5.91 Å². The Labute approximate surface area is 170 Å². The average Bonchev–Trinajstić information content (AvgIpc) is 3.21. The molecule has 0 bridgehead atoms. The van der Waals surface area contributed by atoms with Crippen LogP contribution in [-0.4, -0.2) is 52.8 Å². The summed E-state index contributed by atoms with van der Waals surface area (Å²) in [6.45, 7) is 1.35. The van der Waals surface area contributed by atoms with Crippen molar-refractivity contribution in [1.29, 1.82) is 0 Å². The van der Waals surface area contributed by atoms with Gasteiger partial charge in [-0.25, -0.2) is 0 Å². The molecule has 0 unspecified atom stereocenters. The maximum Gasteiger partial charge on any atom is 0.230 e. The van der Waals surface area contributed by atoms with E-state index in [4.69, 9.17) is 9.47 Å². The Balaban J connectivity index is 1.36. The number of rotatable bonds is 10. The van der Waals surface area contributed by atoms with E-state index < -0.39 is 0 Å². The molecule has 1 heterocycles. The Hall–Kier alpha value is -2.06. The fraction of sp³-hybridized carbons (Fsp3) is 0.550. The molecular weight excluding hydrogens is 376 g/mol. The van der Waals surface area contributed by atoms with E-state index in [1.54, 1.807) is 13.4 Å². The van der Waals surface area contributed by atoms with Crippen LogP contribution in [0.5, 0.6) is 5.75 Å². The minimum absolute atomic E-state index is 0.00746. The van der Waals surface area contributed by atoms with Gasteiger partial charge in [0.05, 0.1) is 19.0 Å². The average molecular weight is 405 g/mol. The Kier molecular flexibility index (Phi) is 8.17. The van der Waals surface area contributed by atoms with Gasteiger partial charge in [-0.3, -0.25) is 9.36 Å². The third-order valence-corrected chi connectivity index (χ3v) is 5.69. The van der Waals surface area contributed by atoms with Crippen LogP contribution in [0.25, 0.3) is 5.69 Å². The lowest BCUT2D eigenvalue weighted by atomic mass is 9.98. The molecule has 0 atom stereocenters. The molecule has 152 valence electrons. The van der Waals surface area contributed by atoms with Crippen molar-refractivity contribution in [3.05, 3.63) is 30.6 Å². The topological polar surface area (TPSA) is 78.3 Å². The van der Waals surface area contributed by atoms with Crippen LogP contribution < -0.4 is 10.1 Å². The number of hydrogen-bond acceptors (Lipinski definition) is 6. The minimum atomic E-state index is -0.00746. The van der Waals surface area contributed by atoms with Crippen molar-refractivity contribution < 1.29 is 14.3 Å². The number of nitrogens with one attached hydrogen (secondary N) is 1. The van der Waals surface area contributed by atoms with Gasteiger partial charge in [0.1, 0.15) is 12.1 Å². The molecule has 2 aromatic rings. The van der Waals surface area contributed by atoms with E-state index in [9.17, 15) is 4.79 Å². The molecule has 1 aliphatic rings. The van der Waals surface area contributed by atoms with Crippen LogP contribution in [0.4, 0.5) is 0 Å². The summed E-state index contributed by atoms with van der Waals surface area (Å²) in [5.41, 5.74) is 0.925. The molecule has 28 heavy (non-hydrogen) atoms. The Morgan fingerprint density at radius 2 is 2.04 bits per heavy atom. The molecule has 1 amide bonds. The van der Waals surface area contributed by atoms with Crippen molar-refractivity contribution in [1.82, 2.24) is 20.1 Å². The highest BCUT2D eigenvalue weighted by molar-refractivity contribution is 7.99. The van der Waals surface area contributed by atoms with E-state index in [2.05, 4.69) is 15.5 Å². The Morgan fingerprint density at radius 1 is 1.25 bits per heavy atom. The monoisotopic (exact) mass is 404 g/mol. The van der Waals surface area contributed by atoms with Crippen molar-refractivity contribution in [3.8, 4) is 11.4 Å². The summed E-state index contributed by atoms with van der Waals surface area (Å²) in [4.78, 5) is 12.1. The number of ether oxygens (including phenoxy) is 2. The van der Waals surface area contributed by atoms with Crippen LogP contribution in [0, 0.1) is 0 Å². The predicted molar refractivity (Wildman–Crippen MR) is 109 cm³/mol. The first kappa shape index (κ1) is 20.7. The highest BCUT2D eigenvalue weighted by atomic mass is 32.2. The van der Waals surface area contributed by atoms with Crippen LogP contribution in [0.15, 0.2) is 35.7 Å². The van der Waals surface area contributed by atoms with Crippen molar-refractivity contribution >= 4 is 17.7 Å². The van der Waals surface area contributed by atoms with Crippen LogP contribution in [0.3, 0.4) is 0 Å². The van der Waals surface area contributed by atoms with Crippen LogP contribution in [0.1, 0.15) is 38.5 Å². The molecule has 7 nitrogen and oxygen atoms in total. The molecule has 1 aromatic heterocycles. The summed E-state index contributed by atoms with van der Waals surface area (Å²) in [6, 6.07) is 7.62. The molecule has 0 radical (unpaired) electrons. The lowest BCUT2D eigenvalue weighted by molar-refractivity contribution is -0.118. The van der Waals surface area contributed by atoms with E-state index in [0.717, 1.165) is 17.9 Å². The summed E-state index contributed by atoms with van der Waals surface area (Å²) in [6.07, 6.45) is 9.15. The zero-order chi connectivity index (χ0) is 19.6. The normalized spacial score (nSPS) is 14.8. The predicted octanol–water partition coefficient (Wildman–Crippen LogP) is 3.22. The number of aromatic nitrogens is 3. The second-order valence-electron chi connectivity index (χ2n) is 6.80. The summed E-state index contributed by atoms with van der Waals surface area (Å²) in [7, 11) is 1.63. The number of amides is 1. The van der Waals surface area contributed by atoms with Gasteiger partial charge in [-0.2, -0.15) is 0 Å². The smallest absolute Gasteiger partial charge is 0.230 e. The Morgan fingerprint density at radius 3 is 2.79 bits per heavy atom. The lowest BCUT2D eigenvalue weighted by Gasteiger charge is -2.21. The lowest BCUT2D eigenvalue weighted by Crippen LogP contribution is -2.27. The van der Waals surface area contributed by atoms with Gasteiger partial charge in [-0.05, 0) is 43.5 Å².